The minimum absolute atomic E-state index is 0. The van der Waals surface area contributed by atoms with Crippen molar-refractivity contribution < 1.29 is 129 Å². The minimum Gasteiger partial charge on any atom is -0.550 e. The molecule has 0 aromatic heterocycles. The van der Waals surface area contributed by atoms with Crippen molar-refractivity contribution in [2.75, 3.05) is 6.54 Å². The molecule has 0 saturated carbocycles. The van der Waals surface area contributed by atoms with Gasteiger partial charge in [-0.25, -0.2) is 0 Å². The Morgan fingerprint density at radius 2 is 1.05 bits per heavy atom. The van der Waals surface area contributed by atoms with Gasteiger partial charge < -0.3 is 35.2 Å². The second kappa shape index (κ2) is 31.3. The zero-order chi connectivity index (χ0) is 13.0. The van der Waals surface area contributed by atoms with Crippen LogP contribution in [0.2, 0.25) is 0 Å². The monoisotopic (exact) mass is 309 g/mol. The van der Waals surface area contributed by atoms with Gasteiger partial charge in [0.05, 0.1) is 0 Å². The van der Waals surface area contributed by atoms with Crippen molar-refractivity contribution in [3.63, 3.8) is 0 Å². The van der Waals surface area contributed by atoms with Gasteiger partial charge >= 0.3 is 88.7 Å². The van der Waals surface area contributed by atoms with E-state index in [-0.39, 0.29) is 94.1 Å². The Morgan fingerprint density at radius 1 is 0.895 bits per heavy atom. The van der Waals surface area contributed by atoms with Crippen LogP contribution in [0, 0.1) is 10.1 Å². The first kappa shape index (κ1) is 42.7. The van der Waals surface area contributed by atoms with Crippen molar-refractivity contribution in [1.29, 1.82) is 0 Å². The fraction of sp³-hybridized carbons (Fsp3) is 0.500. The van der Waals surface area contributed by atoms with Gasteiger partial charge in [0.15, 0.2) is 0 Å². The Kier molecular flexibility index (Phi) is 70.3. The molecule has 0 unspecified atom stereocenters. The van der Waals surface area contributed by atoms with Crippen LogP contribution in [0.3, 0.4) is 0 Å². The molecular weight excluding hydrogens is 299 g/mol. The fourth-order valence-corrected chi connectivity index (χ4v) is 0.105. The molecule has 0 aliphatic carbocycles. The van der Waals surface area contributed by atoms with Gasteiger partial charge in [-0.15, -0.1) is 0 Å². The summed E-state index contributed by atoms with van der Waals surface area (Å²) in [5.74, 6) is -3.83. The number of hydrogen-bond donors (Lipinski definition) is 0. The number of nitro groups is 1. The number of carbonyl (C=O) groups excluding carboxylic acids is 3. The van der Waals surface area contributed by atoms with E-state index < -0.39 is 29.4 Å². The molecule has 0 rings (SSSR count). The largest absolute Gasteiger partial charge is 1.00 e. The van der Waals surface area contributed by atoms with Crippen molar-refractivity contribution in [2.45, 2.75) is 13.8 Å². The minimum atomic E-state index is -1.66. The summed E-state index contributed by atoms with van der Waals surface area (Å²) in [4.78, 5) is 35.3. The van der Waals surface area contributed by atoms with Crippen molar-refractivity contribution >= 4 is 17.9 Å². The summed E-state index contributed by atoms with van der Waals surface area (Å²) in [5.41, 5.74) is 0. The summed E-state index contributed by atoms with van der Waals surface area (Å²) < 4.78 is 0. The Balaban J connectivity index is -0.0000000216. The average Bonchev–Trinajstić information content (AvgIpc) is 1.78. The van der Waals surface area contributed by atoms with Crippen molar-refractivity contribution in [1.82, 2.24) is 0 Å². The Labute approximate surface area is 175 Å². The Morgan fingerprint density at radius 3 is 1.05 bits per heavy atom. The van der Waals surface area contributed by atoms with Crippen LogP contribution >= 0.6 is 0 Å². The number of hydrogen-bond acceptors (Lipinski definition) is 8. The standard InChI is InChI=1S/C2H3NO4.2C2H4O2.3Na.H2O/c4-2(5)1-3(6)7;2*1-2(3)4;;;;/h1H2,(H,4,5);2*1H3,(H,3,4);;;;1H2/q;;;3*+1;/p-3. The van der Waals surface area contributed by atoms with E-state index >= 15 is 0 Å². The summed E-state index contributed by atoms with van der Waals surface area (Å²) in [6.07, 6.45) is 0. The first-order chi connectivity index (χ1) is 6.59. The molecule has 0 fully saturated rings. The molecular formula is C6H10NNa3O9. The van der Waals surface area contributed by atoms with Gasteiger partial charge in [-0.1, -0.05) is 0 Å². The summed E-state index contributed by atoms with van der Waals surface area (Å²) in [7, 11) is 0. The van der Waals surface area contributed by atoms with E-state index in [0.29, 0.717) is 0 Å². The van der Waals surface area contributed by atoms with Gasteiger partial charge in [0.2, 0.25) is 6.54 Å². The van der Waals surface area contributed by atoms with Crippen LogP contribution in [0.4, 0.5) is 0 Å². The smallest absolute Gasteiger partial charge is 0.550 e. The average molecular weight is 309 g/mol. The normalized spacial score (nSPS) is 5.58. The summed E-state index contributed by atoms with van der Waals surface area (Å²) in [6.45, 7) is 0.833. The van der Waals surface area contributed by atoms with Crippen LogP contribution in [-0.4, -0.2) is 34.9 Å². The van der Waals surface area contributed by atoms with Crippen molar-refractivity contribution in [3.05, 3.63) is 10.1 Å². The maximum Gasteiger partial charge on any atom is 1.00 e. The molecule has 0 aliphatic heterocycles. The molecule has 19 heavy (non-hydrogen) atoms. The van der Waals surface area contributed by atoms with Crippen LogP contribution in [-0.2, 0) is 14.4 Å². The molecule has 10 nitrogen and oxygen atoms in total. The number of nitrogens with zero attached hydrogens (tertiary/aromatic N) is 1. The second-order valence-corrected chi connectivity index (χ2v) is 1.85. The third-order valence-electron chi connectivity index (χ3n) is 0.258. The molecule has 0 amide bonds. The molecule has 0 radical (unpaired) electrons. The van der Waals surface area contributed by atoms with Gasteiger partial charge in [0.1, 0.15) is 5.97 Å². The molecule has 0 spiro atoms. The third kappa shape index (κ3) is 232. The number of carboxylic acid groups (broad SMARTS) is 3. The molecule has 0 heterocycles. The van der Waals surface area contributed by atoms with Crippen molar-refractivity contribution in [3.8, 4) is 0 Å². The molecule has 0 saturated heterocycles. The molecule has 96 valence electrons. The predicted molar refractivity (Wildman–Crippen MR) is 41.8 cm³/mol. The predicted octanol–water partition coefficient (Wildman–Crippen LogP) is -14.3. The number of rotatable bonds is 2. The zero-order valence-electron chi connectivity index (χ0n) is 11.4. The van der Waals surface area contributed by atoms with E-state index in [2.05, 4.69) is 0 Å². The van der Waals surface area contributed by atoms with Gasteiger partial charge in [-0.3, -0.25) is 10.1 Å². The molecule has 0 aromatic rings. The number of carbonyl (C=O) groups is 3. The molecule has 0 aromatic carbocycles. The van der Waals surface area contributed by atoms with Crippen LogP contribution in [0.1, 0.15) is 13.8 Å². The van der Waals surface area contributed by atoms with Crippen LogP contribution in [0.15, 0.2) is 0 Å². The topological polar surface area (TPSA) is 195 Å². The van der Waals surface area contributed by atoms with Crippen LogP contribution < -0.4 is 104 Å². The third-order valence-corrected chi connectivity index (χ3v) is 0.258. The van der Waals surface area contributed by atoms with Gasteiger partial charge in [0.25, 0.3) is 0 Å². The van der Waals surface area contributed by atoms with E-state index in [9.17, 15) is 20.0 Å². The Bertz CT molecular complexity index is 216. The maximum atomic E-state index is 9.26. The first-order valence-electron chi connectivity index (χ1n) is 3.26. The van der Waals surface area contributed by atoms with E-state index in [1.165, 1.54) is 0 Å². The fourth-order valence-electron chi connectivity index (χ4n) is 0.105. The molecule has 0 aliphatic rings. The Hall–Kier alpha value is 0.770. The number of carboxylic acids is 3. The summed E-state index contributed by atoms with van der Waals surface area (Å²) in [5, 5.41) is 36.2. The molecule has 2 N–H and O–H groups in total. The summed E-state index contributed by atoms with van der Waals surface area (Å²) in [6, 6.07) is 0. The molecule has 0 atom stereocenters. The van der Waals surface area contributed by atoms with Gasteiger partial charge in [-0.2, -0.15) is 0 Å². The van der Waals surface area contributed by atoms with Gasteiger partial charge in [0, 0.05) is 16.9 Å². The maximum absolute atomic E-state index is 9.26. The quantitative estimate of drug-likeness (QED) is 0.272. The summed E-state index contributed by atoms with van der Waals surface area (Å²) >= 11 is 0. The second-order valence-electron chi connectivity index (χ2n) is 1.85. The number of aliphatic carboxylic acids is 3. The first-order valence-corrected chi connectivity index (χ1v) is 3.26. The zero-order valence-corrected chi connectivity index (χ0v) is 17.4. The van der Waals surface area contributed by atoms with E-state index in [0.717, 1.165) is 13.8 Å². The van der Waals surface area contributed by atoms with Crippen LogP contribution in [0.25, 0.3) is 0 Å². The molecule has 13 heteroatoms. The van der Waals surface area contributed by atoms with Crippen LogP contribution in [0.5, 0.6) is 0 Å². The van der Waals surface area contributed by atoms with Crippen molar-refractivity contribution in [2.24, 2.45) is 0 Å². The van der Waals surface area contributed by atoms with Gasteiger partial charge in [-0.05, 0) is 13.8 Å². The molecule has 0 bridgehead atoms. The van der Waals surface area contributed by atoms with E-state index in [1.807, 2.05) is 0 Å². The van der Waals surface area contributed by atoms with E-state index in [1.54, 1.807) is 0 Å². The van der Waals surface area contributed by atoms with E-state index in [4.69, 9.17) is 19.8 Å². The SMILES string of the molecule is CC(=O)[O-].CC(=O)[O-].O.O=C([O-])C[N+](=O)[O-].[Na+].[Na+].[Na+].